The molecular weight excluding hydrogens is 250 g/mol. The largest absolute Gasteiger partial charge is 0.335 e. The zero-order chi connectivity index (χ0) is 14.8. The summed E-state index contributed by atoms with van der Waals surface area (Å²) in [5.74, 6) is 0. The Bertz CT molecular complexity index is 410. The van der Waals surface area contributed by atoms with Gasteiger partial charge in [0, 0.05) is 19.6 Å². The summed E-state index contributed by atoms with van der Waals surface area (Å²) in [5, 5.41) is 5.49. The lowest BCUT2D eigenvalue weighted by molar-refractivity contribution is 0.241. The maximum absolute atomic E-state index is 11.4. The molecule has 0 spiro atoms. The average molecular weight is 275 g/mol. The van der Waals surface area contributed by atoms with E-state index in [9.17, 15) is 4.79 Å². The van der Waals surface area contributed by atoms with Gasteiger partial charge in [-0.3, -0.25) is 4.90 Å². The average Bonchev–Trinajstić information content (AvgIpc) is 2.49. The molecule has 0 bridgehead atoms. The fraction of sp³-hybridized carbons (Fsp3) is 0.438. The molecule has 0 heterocycles. The molecule has 0 saturated heterocycles. The molecular formula is C16H25N3O. The smallest absolute Gasteiger partial charge is 0.315 e. The highest BCUT2D eigenvalue weighted by Gasteiger charge is 2.02. The Morgan fingerprint density at radius 1 is 1.15 bits per heavy atom. The Hall–Kier alpha value is -1.81. The number of amides is 2. The number of nitrogens with zero attached hydrogens (tertiary/aromatic N) is 1. The molecule has 0 radical (unpaired) electrons. The lowest BCUT2D eigenvalue weighted by Gasteiger charge is -2.18. The van der Waals surface area contributed by atoms with Gasteiger partial charge in [0.05, 0.1) is 0 Å². The highest BCUT2D eigenvalue weighted by Crippen LogP contribution is 2.07. The van der Waals surface area contributed by atoms with Crippen LogP contribution in [-0.4, -0.2) is 30.6 Å². The van der Waals surface area contributed by atoms with Crippen LogP contribution in [0.4, 0.5) is 4.79 Å². The third-order valence-electron chi connectivity index (χ3n) is 3.18. The molecule has 1 aromatic rings. The Morgan fingerprint density at radius 3 is 2.30 bits per heavy atom. The van der Waals surface area contributed by atoms with Gasteiger partial charge in [-0.05, 0) is 24.2 Å². The molecule has 110 valence electrons. The van der Waals surface area contributed by atoms with Gasteiger partial charge in [-0.1, -0.05) is 44.2 Å². The fourth-order valence-electron chi connectivity index (χ4n) is 1.88. The van der Waals surface area contributed by atoms with E-state index in [0.29, 0.717) is 13.1 Å². The first-order valence-corrected chi connectivity index (χ1v) is 7.12. The van der Waals surface area contributed by atoms with E-state index in [-0.39, 0.29) is 6.03 Å². The lowest BCUT2D eigenvalue weighted by atomic mass is 10.1. The summed E-state index contributed by atoms with van der Waals surface area (Å²) in [7, 11) is 0. The van der Waals surface area contributed by atoms with Gasteiger partial charge >= 0.3 is 6.03 Å². The summed E-state index contributed by atoms with van der Waals surface area (Å²) in [5.41, 5.74) is 2.40. The van der Waals surface area contributed by atoms with Crippen LogP contribution in [0.3, 0.4) is 0 Å². The molecule has 20 heavy (non-hydrogen) atoms. The minimum Gasteiger partial charge on any atom is -0.335 e. The van der Waals surface area contributed by atoms with Crippen molar-refractivity contribution in [1.82, 2.24) is 15.5 Å². The van der Waals surface area contributed by atoms with Crippen molar-refractivity contribution in [3.8, 4) is 0 Å². The number of nitrogens with one attached hydrogen (secondary N) is 2. The maximum Gasteiger partial charge on any atom is 0.315 e. The van der Waals surface area contributed by atoms with Crippen molar-refractivity contribution in [2.75, 3.05) is 19.6 Å². The maximum atomic E-state index is 11.4. The normalized spacial score (nSPS) is 10.3. The Kier molecular flexibility index (Phi) is 7.43. The first-order chi connectivity index (χ1) is 9.69. The highest BCUT2D eigenvalue weighted by molar-refractivity contribution is 5.73. The van der Waals surface area contributed by atoms with Crippen molar-refractivity contribution in [3.63, 3.8) is 0 Å². The highest BCUT2D eigenvalue weighted by atomic mass is 16.2. The number of urea groups is 1. The molecule has 0 atom stereocenters. The van der Waals surface area contributed by atoms with E-state index in [1.807, 2.05) is 0 Å². The topological polar surface area (TPSA) is 44.4 Å². The number of hydrogen-bond donors (Lipinski definition) is 2. The fourth-order valence-corrected chi connectivity index (χ4v) is 1.88. The van der Waals surface area contributed by atoms with Gasteiger partial charge in [-0.25, -0.2) is 4.79 Å². The van der Waals surface area contributed by atoms with Crippen LogP contribution in [0.15, 0.2) is 36.9 Å². The number of rotatable bonds is 8. The quantitative estimate of drug-likeness (QED) is 0.716. The molecule has 0 aliphatic rings. The first kappa shape index (κ1) is 16.2. The van der Waals surface area contributed by atoms with E-state index in [1.54, 1.807) is 6.08 Å². The predicted molar refractivity (Wildman–Crippen MR) is 83.5 cm³/mol. The minimum atomic E-state index is -0.169. The van der Waals surface area contributed by atoms with Crippen LogP contribution >= 0.6 is 0 Å². The molecule has 0 fully saturated rings. The van der Waals surface area contributed by atoms with Crippen molar-refractivity contribution < 1.29 is 4.79 Å². The van der Waals surface area contributed by atoms with Gasteiger partial charge in [0.1, 0.15) is 0 Å². The van der Waals surface area contributed by atoms with Crippen LogP contribution in [0.25, 0.3) is 0 Å². The van der Waals surface area contributed by atoms with Crippen LogP contribution in [0.1, 0.15) is 25.0 Å². The van der Waals surface area contributed by atoms with Crippen LogP contribution < -0.4 is 10.6 Å². The summed E-state index contributed by atoms with van der Waals surface area (Å²) >= 11 is 0. The third-order valence-corrected chi connectivity index (χ3v) is 3.18. The molecule has 0 unspecified atom stereocenters. The summed E-state index contributed by atoms with van der Waals surface area (Å²) in [4.78, 5) is 13.8. The number of carbonyl (C=O) groups is 1. The molecule has 4 heteroatoms. The van der Waals surface area contributed by atoms with Crippen LogP contribution in [0.5, 0.6) is 0 Å². The first-order valence-electron chi connectivity index (χ1n) is 7.12. The SMILES string of the molecule is C=CCNC(=O)NCc1ccc(CN(CC)CC)cc1. The van der Waals surface area contributed by atoms with Crippen LogP contribution in [-0.2, 0) is 13.1 Å². The zero-order valence-electron chi connectivity index (χ0n) is 12.5. The second kappa shape index (κ2) is 9.15. The third kappa shape index (κ3) is 5.89. The van der Waals surface area contributed by atoms with E-state index < -0.39 is 0 Å². The molecule has 2 amide bonds. The van der Waals surface area contributed by atoms with Crippen LogP contribution in [0, 0.1) is 0 Å². The zero-order valence-corrected chi connectivity index (χ0v) is 12.5. The number of hydrogen-bond acceptors (Lipinski definition) is 2. The van der Waals surface area contributed by atoms with E-state index >= 15 is 0 Å². The van der Waals surface area contributed by atoms with Crippen LogP contribution in [0.2, 0.25) is 0 Å². The van der Waals surface area contributed by atoms with Crippen molar-refractivity contribution in [3.05, 3.63) is 48.0 Å². The van der Waals surface area contributed by atoms with Crippen molar-refractivity contribution in [2.45, 2.75) is 26.9 Å². The van der Waals surface area contributed by atoms with E-state index in [2.05, 4.69) is 60.2 Å². The minimum absolute atomic E-state index is 0.169. The van der Waals surface area contributed by atoms with Gasteiger partial charge in [0.25, 0.3) is 0 Å². The van der Waals surface area contributed by atoms with E-state index in [0.717, 1.165) is 25.2 Å². The van der Waals surface area contributed by atoms with Gasteiger partial charge in [-0.2, -0.15) is 0 Å². The second-order valence-electron chi connectivity index (χ2n) is 4.63. The Balaban J connectivity index is 2.42. The van der Waals surface area contributed by atoms with Crippen molar-refractivity contribution in [2.24, 2.45) is 0 Å². The van der Waals surface area contributed by atoms with Gasteiger partial charge in [0.15, 0.2) is 0 Å². The molecule has 0 aromatic heterocycles. The summed E-state index contributed by atoms with van der Waals surface area (Å²) < 4.78 is 0. The molecule has 0 aliphatic heterocycles. The molecule has 1 rings (SSSR count). The van der Waals surface area contributed by atoms with Gasteiger partial charge in [0.2, 0.25) is 0 Å². The summed E-state index contributed by atoms with van der Waals surface area (Å²) in [6.07, 6.45) is 1.65. The predicted octanol–water partition coefficient (Wildman–Crippen LogP) is 2.51. The lowest BCUT2D eigenvalue weighted by Crippen LogP contribution is -2.34. The van der Waals surface area contributed by atoms with Crippen molar-refractivity contribution in [1.29, 1.82) is 0 Å². The summed E-state index contributed by atoms with van der Waals surface area (Å²) in [6.45, 7) is 12.0. The van der Waals surface area contributed by atoms with E-state index in [4.69, 9.17) is 0 Å². The molecule has 0 aliphatic carbocycles. The summed E-state index contributed by atoms with van der Waals surface area (Å²) in [6, 6.07) is 8.20. The Morgan fingerprint density at radius 2 is 1.75 bits per heavy atom. The van der Waals surface area contributed by atoms with Crippen molar-refractivity contribution >= 4 is 6.03 Å². The molecule has 1 aromatic carbocycles. The number of benzene rings is 1. The van der Waals surface area contributed by atoms with Gasteiger partial charge in [-0.15, -0.1) is 6.58 Å². The molecule has 2 N–H and O–H groups in total. The second-order valence-corrected chi connectivity index (χ2v) is 4.63. The van der Waals surface area contributed by atoms with E-state index in [1.165, 1.54) is 5.56 Å². The molecule has 0 saturated carbocycles. The number of carbonyl (C=O) groups excluding carboxylic acids is 1. The molecule has 4 nitrogen and oxygen atoms in total. The standard InChI is InChI=1S/C16H25N3O/c1-4-11-17-16(20)18-12-14-7-9-15(10-8-14)13-19(5-2)6-3/h4,7-10H,1,5-6,11-13H2,2-3H3,(H2,17,18,20). The van der Waals surface area contributed by atoms with Gasteiger partial charge < -0.3 is 10.6 Å². The Labute approximate surface area is 121 Å². The monoisotopic (exact) mass is 275 g/mol.